The van der Waals surface area contributed by atoms with Crippen molar-refractivity contribution in [1.82, 2.24) is 4.98 Å². The number of nitrogens with one attached hydrogen (secondary N) is 1. The molecule has 0 saturated heterocycles. The van der Waals surface area contributed by atoms with Gasteiger partial charge in [-0.2, -0.15) is 0 Å². The average molecular weight is 269 g/mol. The van der Waals surface area contributed by atoms with E-state index in [1.807, 2.05) is 0 Å². The lowest BCUT2D eigenvalue weighted by molar-refractivity contribution is 0.0636. The van der Waals surface area contributed by atoms with Crippen molar-refractivity contribution >= 4 is 29.0 Å². The summed E-state index contributed by atoms with van der Waals surface area (Å²) in [5.41, 5.74) is 1.24. The molecule has 0 spiro atoms. The van der Waals surface area contributed by atoms with Crippen LogP contribution >= 0.6 is 11.6 Å². The van der Waals surface area contributed by atoms with E-state index in [-0.39, 0.29) is 0 Å². The summed E-state index contributed by atoms with van der Waals surface area (Å²) < 4.78 is 5.17. The third-order valence-electron chi connectivity index (χ3n) is 1.90. The summed E-state index contributed by atoms with van der Waals surface area (Å²) in [7, 11) is 0. The monoisotopic (exact) mass is 268 g/mol. The van der Waals surface area contributed by atoms with Gasteiger partial charge < -0.3 is 4.74 Å². The second-order valence-electron chi connectivity index (χ2n) is 4.94. The highest BCUT2D eigenvalue weighted by molar-refractivity contribution is 6.29. The van der Waals surface area contributed by atoms with Gasteiger partial charge in [0.05, 0.1) is 11.4 Å². The molecule has 0 unspecified atom stereocenters. The maximum atomic E-state index is 11.7. The fourth-order valence-electron chi connectivity index (χ4n) is 1.28. The number of amides is 1. The van der Waals surface area contributed by atoms with Crippen LogP contribution in [0.1, 0.15) is 33.4 Å². The van der Waals surface area contributed by atoms with Crippen molar-refractivity contribution in [3.63, 3.8) is 0 Å². The SMILES string of the molecule is C=C(C)c1nc(Cl)ccc1NC(=O)OC(C)(C)C. The zero-order chi connectivity index (χ0) is 13.9. The summed E-state index contributed by atoms with van der Waals surface area (Å²) in [6.45, 7) is 11.0. The smallest absolute Gasteiger partial charge is 0.412 e. The number of aromatic nitrogens is 1. The first-order valence-corrected chi connectivity index (χ1v) is 5.89. The van der Waals surface area contributed by atoms with Crippen LogP contribution in [0, 0.1) is 0 Å². The summed E-state index contributed by atoms with van der Waals surface area (Å²) in [5, 5.41) is 2.98. The van der Waals surface area contributed by atoms with E-state index in [0.29, 0.717) is 22.1 Å². The second-order valence-corrected chi connectivity index (χ2v) is 5.32. The van der Waals surface area contributed by atoms with Gasteiger partial charge in [0.15, 0.2) is 0 Å². The first-order chi connectivity index (χ1) is 8.19. The molecule has 5 heteroatoms. The Morgan fingerprint density at radius 2 is 2.06 bits per heavy atom. The molecule has 0 atom stereocenters. The predicted molar refractivity (Wildman–Crippen MR) is 73.8 cm³/mol. The zero-order valence-electron chi connectivity index (χ0n) is 11.0. The van der Waals surface area contributed by atoms with E-state index in [1.54, 1.807) is 39.8 Å². The average Bonchev–Trinajstić information content (AvgIpc) is 2.17. The number of rotatable bonds is 2. The van der Waals surface area contributed by atoms with E-state index < -0.39 is 11.7 Å². The Morgan fingerprint density at radius 3 is 2.56 bits per heavy atom. The molecule has 1 rings (SSSR count). The van der Waals surface area contributed by atoms with Crippen LogP contribution in [0.4, 0.5) is 10.5 Å². The number of halogens is 1. The van der Waals surface area contributed by atoms with E-state index in [0.717, 1.165) is 0 Å². The van der Waals surface area contributed by atoms with Crippen molar-refractivity contribution in [2.75, 3.05) is 5.32 Å². The quantitative estimate of drug-likeness (QED) is 0.821. The van der Waals surface area contributed by atoms with Crippen LogP contribution < -0.4 is 5.32 Å². The Hall–Kier alpha value is -1.55. The second kappa shape index (κ2) is 5.40. The zero-order valence-corrected chi connectivity index (χ0v) is 11.8. The van der Waals surface area contributed by atoms with E-state index in [9.17, 15) is 4.79 Å². The van der Waals surface area contributed by atoms with Gasteiger partial charge in [0, 0.05) is 0 Å². The number of pyridine rings is 1. The number of carbonyl (C=O) groups is 1. The van der Waals surface area contributed by atoms with E-state index in [1.165, 1.54) is 0 Å². The van der Waals surface area contributed by atoms with Crippen LogP contribution in [0.2, 0.25) is 5.15 Å². The topological polar surface area (TPSA) is 51.2 Å². The minimum Gasteiger partial charge on any atom is -0.444 e. The number of nitrogens with zero attached hydrogens (tertiary/aromatic N) is 1. The number of allylic oxidation sites excluding steroid dienone is 1. The molecule has 0 radical (unpaired) electrons. The van der Waals surface area contributed by atoms with Crippen molar-refractivity contribution < 1.29 is 9.53 Å². The molecule has 0 aromatic carbocycles. The van der Waals surface area contributed by atoms with Gasteiger partial charge in [-0.25, -0.2) is 9.78 Å². The maximum Gasteiger partial charge on any atom is 0.412 e. The lowest BCUT2D eigenvalue weighted by Crippen LogP contribution is -2.27. The van der Waals surface area contributed by atoms with Gasteiger partial charge >= 0.3 is 6.09 Å². The third kappa shape index (κ3) is 4.37. The molecule has 0 saturated carbocycles. The summed E-state index contributed by atoms with van der Waals surface area (Å²) >= 11 is 5.81. The van der Waals surface area contributed by atoms with Gasteiger partial charge in [-0.1, -0.05) is 18.2 Å². The number of hydrogen-bond acceptors (Lipinski definition) is 3. The van der Waals surface area contributed by atoms with Gasteiger partial charge in [-0.05, 0) is 45.4 Å². The number of anilines is 1. The molecule has 98 valence electrons. The highest BCUT2D eigenvalue weighted by Crippen LogP contribution is 2.23. The molecule has 1 N–H and O–H groups in total. The molecule has 1 amide bonds. The summed E-state index contributed by atoms with van der Waals surface area (Å²) in [6, 6.07) is 3.27. The maximum absolute atomic E-state index is 11.7. The summed E-state index contributed by atoms with van der Waals surface area (Å²) in [5.74, 6) is 0. The lowest BCUT2D eigenvalue weighted by atomic mass is 10.2. The van der Waals surface area contributed by atoms with Crippen molar-refractivity contribution in [3.05, 3.63) is 29.6 Å². The van der Waals surface area contributed by atoms with Crippen LogP contribution in [0.15, 0.2) is 18.7 Å². The van der Waals surface area contributed by atoms with Crippen molar-refractivity contribution in [2.24, 2.45) is 0 Å². The molecular formula is C13H17ClN2O2. The van der Waals surface area contributed by atoms with Gasteiger partial charge in [0.2, 0.25) is 0 Å². The van der Waals surface area contributed by atoms with Gasteiger partial charge in [-0.15, -0.1) is 0 Å². The first kappa shape index (κ1) is 14.5. The first-order valence-electron chi connectivity index (χ1n) is 5.51. The minimum atomic E-state index is -0.548. The third-order valence-corrected chi connectivity index (χ3v) is 2.11. The summed E-state index contributed by atoms with van der Waals surface area (Å²) in [4.78, 5) is 15.8. The number of ether oxygens (including phenoxy) is 1. The van der Waals surface area contributed by atoms with Crippen molar-refractivity contribution in [1.29, 1.82) is 0 Å². The van der Waals surface area contributed by atoms with Crippen LogP contribution in [0.3, 0.4) is 0 Å². The van der Waals surface area contributed by atoms with Crippen LogP contribution in [-0.2, 0) is 4.74 Å². The Bertz CT molecular complexity index is 478. The van der Waals surface area contributed by atoms with Crippen LogP contribution in [0.5, 0.6) is 0 Å². The normalized spacial score (nSPS) is 10.9. The molecule has 4 nitrogen and oxygen atoms in total. The Kier molecular flexibility index (Phi) is 4.35. The fourth-order valence-corrected chi connectivity index (χ4v) is 1.42. The molecule has 0 aliphatic carbocycles. The molecule has 1 heterocycles. The van der Waals surface area contributed by atoms with Gasteiger partial charge in [-0.3, -0.25) is 5.32 Å². The highest BCUT2D eigenvalue weighted by atomic mass is 35.5. The molecule has 18 heavy (non-hydrogen) atoms. The molecule has 0 aliphatic heterocycles. The Labute approximate surface area is 112 Å². The van der Waals surface area contributed by atoms with Gasteiger partial charge in [0.25, 0.3) is 0 Å². The molecule has 0 aliphatic rings. The van der Waals surface area contributed by atoms with Crippen molar-refractivity contribution in [2.45, 2.75) is 33.3 Å². The molecule has 0 fully saturated rings. The minimum absolute atomic E-state index is 0.350. The predicted octanol–water partition coefficient (Wildman–Crippen LogP) is 4.12. The van der Waals surface area contributed by atoms with E-state index in [4.69, 9.17) is 16.3 Å². The Balaban J connectivity index is 2.91. The highest BCUT2D eigenvalue weighted by Gasteiger charge is 2.17. The fraction of sp³-hybridized carbons (Fsp3) is 0.385. The summed E-state index contributed by atoms with van der Waals surface area (Å²) in [6.07, 6.45) is -0.533. The standard InChI is InChI=1S/C13H17ClN2O2/c1-8(2)11-9(6-7-10(14)16-11)15-12(17)18-13(3,4)5/h6-7H,1H2,2-5H3,(H,15,17). The van der Waals surface area contributed by atoms with E-state index >= 15 is 0 Å². The molecular weight excluding hydrogens is 252 g/mol. The van der Waals surface area contributed by atoms with Crippen molar-refractivity contribution in [3.8, 4) is 0 Å². The Morgan fingerprint density at radius 1 is 1.44 bits per heavy atom. The van der Waals surface area contributed by atoms with Crippen LogP contribution in [0.25, 0.3) is 5.57 Å². The molecule has 1 aromatic rings. The molecule has 0 bridgehead atoms. The number of carbonyl (C=O) groups excluding carboxylic acids is 1. The van der Waals surface area contributed by atoms with E-state index in [2.05, 4.69) is 16.9 Å². The van der Waals surface area contributed by atoms with Crippen LogP contribution in [-0.4, -0.2) is 16.7 Å². The lowest BCUT2D eigenvalue weighted by Gasteiger charge is -2.20. The molecule has 1 aromatic heterocycles. The largest absolute Gasteiger partial charge is 0.444 e. The van der Waals surface area contributed by atoms with Gasteiger partial charge in [0.1, 0.15) is 10.8 Å². The number of hydrogen-bond donors (Lipinski definition) is 1.